The van der Waals surface area contributed by atoms with Gasteiger partial charge in [-0.15, -0.1) is 10.2 Å². The van der Waals surface area contributed by atoms with Crippen LogP contribution in [0.25, 0.3) is 0 Å². The highest BCUT2D eigenvalue weighted by molar-refractivity contribution is 7.13. The summed E-state index contributed by atoms with van der Waals surface area (Å²) in [5.41, 5.74) is 0. The molecule has 2 rings (SSSR count). The summed E-state index contributed by atoms with van der Waals surface area (Å²) in [5, 5.41) is 13.3. The average molecular weight is 241 g/mol. The number of ether oxygens (including phenoxy) is 1. The topological polar surface area (TPSA) is 47.0 Å². The van der Waals surface area contributed by atoms with Gasteiger partial charge in [-0.05, 0) is 19.3 Å². The molecule has 0 amide bonds. The summed E-state index contributed by atoms with van der Waals surface area (Å²) in [7, 11) is 0. The van der Waals surface area contributed by atoms with Gasteiger partial charge in [-0.3, -0.25) is 0 Å². The maximum Gasteiger partial charge on any atom is 0.294 e. The number of unbranched alkanes of at least 4 members (excludes halogenated alkanes) is 2. The Labute approximate surface area is 100 Å². The van der Waals surface area contributed by atoms with Crippen molar-refractivity contribution in [3.05, 3.63) is 5.01 Å². The molecule has 1 N–H and O–H groups in total. The van der Waals surface area contributed by atoms with E-state index in [1.165, 1.54) is 25.7 Å². The summed E-state index contributed by atoms with van der Waals surface area (Å²) in [6.07, 6.45) is 6.15. The maximum atomic E-state index is 5.53. The normalized spacial score (nSPS) is 15.3. The summed E-state index contributed by atoms with van der Waals surface area (Å²) < 4.78 is 5.53. The SMILES string of the molecule is CCCCCOc1nnc(CNC2CC2)s1. The molecule has 90 valence electrons. The molecule has 5 heteroatoms. The molecule has 0 bridgehead atoms. The lowest BCUT2D eigenvalue weighted by Gasteiger charge is -1.99. The molecule has 16 heavy (non-hydrogen) atoms. The van der Waals surface area contributed by atoms with Gasteiger partial charge in [-0.25, -0.2) is 0 Å². The number of hydrogen-bond acceptors (Lipinski definition) is 5. The highest BCUT2D eigenvalue weighted by atomic mass is 32.1. The Morgan fingerprint density at radius 3 is 3.00 bits per heavy atom. The van der Waals surface area contributed by atoms with Gasteiger partial charge in [-0.2, -0.15) is 0 Å². The minimum absolute atomic E-state index is 0.712. The van der Waals surface area contributed by atoms with E-state index in [0.717, 1.165) is 30.6 Å². The van der Waals surface area contributed by atoms with Crippen LogP contribution < -0.4 is 10.1 Å². The molecule has 4 nitrogen and oxygen atoms in total. The highest BCUT2D eigenvalue weighted by Crippen LogP contribution is 2.22. The Balaban J connectivity index is 1.64. The van der Waals surface area contributed by atoms with Crippen molar-refractivity contribution in [1.82, 2.24) is 15.5 Å². The highest BCUT2D eigenvalue weighted by Gasteiger charge is 2.20. The molecule has 0 unspecified atom stereocenters. The van der Waals surface area contributed by atoms with E-state index in [2.05, 4.69) is 22.4 Å². The van der Waals surface area contributed by atoms with Crippen LogP contribution in [0.15, 0.2) is 0 Å². The standard InChI is InChI=1S/C11H19N3OS/c1-2-3-4-7-15-11-14-13-10(16-11)8-12-9-5-6-9/h9,12H,2-8H2,1H3. The van der Waals surface area contributed by atoms with Crippen molar-refractivity contribution in [3.63, 3.8) is 0 Å². The van der Waals surface area contributed by atoms with Gasteiger partial charge in [0.1, 0.15) is 5.01 Å². The molecule has 0 aliphatic heterocycles. The lowest BCUT2D eigenvalue weighted by molar-refractivity contribution is 0.302. The van der Waals surface area contributed by atoms with E-state index in [4.69, 9.17) is 4.74 Å². The van der Waals surface area contributed by atoms with E-state index >= 15 is 0 Å². The van der Waals surface area contributed by atoms with Gasteiger partial charge < -0.3 is 10.1 Å². The Morgan fingerprint density at radius 2 is 2.25 bits per heavy atom. The third-order valence-corrected chi connectivity index (χ3v) is 3.38. The molecule has 0 saturated heterocycles. The monoisotopic (exact) mass is 241 g/mol. The molecule has 1 fully saturated rings. The largest absolute Gasteiger partial charge is 0.469 e. The van der Waals surface area contributed by atoms with Crippen LogP contribution in [0, 0.1) is 0 Å². The van der Waals surface area contributed by atoms with E-state index in [9.17, 15) is 0 Å². The quantitative estimate of drug-likeness (QED) is 0.710. The van der Waals surface area contributed by atoms with Gasteiger partial charge in [-0.1, -0.05) is 31.1 Å². The first-order chi connectivity index (χ1) is 7.88. The van der Waals surface area contributed by atoms with Crippen LogP contribution in [0.3, 0.4) is 0 Å². The minimum Gasteiger partial charge on any atom is -0.469 e. The lowest BCUT2D eigenvalue weighted by Crippen LogP contribution is -2.14. The van der Waals surface area contributed by atoms with Crippen molar-refractivity contribution in [3.8, 4) is 5.19 Å². The van der Waals surface area contributed by atoms with Gasteiger partial charge in [0.2, 0.25) is 0 Å². The zero-order chi connectivity index (χ0) is 11.2. The van der Waals surface area contributed by atoms with Crippen molar-refractivity contribution in [2.24, 2.45) is 0 Å². The summed E-state index contributed by atoms with van der Waals surface area (Å²) in [4.78, 5) is 0. The molecule has 1 aliphatic rings. The van der Waals surface area contributed by atoms with Gasteiger partial charge >= 0.3 is 0 Å². The van der Waals surface area contributed by atoms with Crippen LogP contribution in [0.5, 0.6) is 5.19 Å². The molecule has 1 aromatic rings. The molecule has 0 aromatic carbocycles. The summed E-state index contributed by atoms with van der Waals surface area (Å²) >= 11 is 1.55. The third kappa shape index (κ3) is 4.06. The van der Waals surface area contributed by atoms with E-state index in [0.29, 0.717) is 5.19 Å². The molecular weight excluding hydrogens is 222 g/mol. The van der Waals surface area contributed by atoms with Crippen molar-refractivity contribution in [2.75, 3.05) is 6.61 Å². The molecule has 1 aliphatic carbocycles. The van der Waals surface area contributed by atoms with Crippen LogP contribution in [-0.2, 0) is 6.54 Å². The molecular formula is C11H19N3OS. The predicted octanol–water partition coefficient (Wildman–Crippen LogP) is 2.36. The van der Waals surface area contributed by atoms with Crippen LogP contribution in [-0.4, -0.2) is 22.8 Å². The summed E-state index contributed by atoms with van der Waals surface area (Å²) in [6, 6.07) is 0.720. The fraction of sp³-hybridized carbons (Fsp3) is 0.818. The number of hydrogen-bond donors (Lipinski definition) is 1. The predicted molar refractivity (Wildman–Crippen MR) is 64.8 cm³/mol. The first kappa shape index (κ1) is 11.8. The average Bonchev–Trinajstić information content (AvgIpc) is 3.02. The number of rotatable bonds is 8. The van der Waals surface area contributed by atoms with E-state index in [1.807, 2.05) is 0 Å². The molecule has 1 aromatic heterocycles. The van der Waals surface area contributed by atoms with Crippen molar-refractivity contribution in [1.29, 1.82) is 0 Å². The van der Waals surface area contributed by atoms with Gasteiger partial charge in [0, 0.05) is 6.04 Å². The van der Waals surface area contributed by atoms with E-state index in [1.54, 1.807) is 11.3 Å². The minimum atomic E-state index is 0.712. The second-order valence-electron chi connectivity index (χ2n) is 4.17. The number of nitrogens with zero attached hydrogens (tertiary/aromatic N) is 2. The third-order valence-electron chi connectivity index (χ3n) is 2.54. The lowest BCUT2D eigenvalue weighted by atomic mass is 10.3. The van der Waals surface area contributed by atoms with Crippen LogP contribution in [0.1, 0.15) is 44.0 Å². The number of aromatic nitrogens is 2. The van der Waals surface area contributed by atoms with Gasteiger partial charge in [0.25, 0.3) is 5.19 Å². The van der Waals surface area contributed by atoms with Crippen molar-refractivity contribution in [2.45, 2.75) is 51.6 Å². The first-order valence-electron chi connectivity index (χ1n) is 6.07. The molecule has 0 spiro atoms. The van der Waals surface area contributed by atoms with Crippen molar-refractivity contribution >= 4 is 11.3 Å². The summed E-state index contributed by atoms with van der Waals surface area (Å²) in [5.74, 6) is 0. The van der Waals surface area contributed by atoms with Gasteiger partial charge in [0.15, 0.2) is 0 Å². The fourth-order valence-corrected chi connectivity index (χ4v) is 2.06. The number of nitrogens with one attached hydrogen (secondary N) is 1. The second kappa shape index (κ2) is 6.15. The maximum absolute atomic E-state index is 5.53. The van der Waals surface area contributed by atoms with E-state index < -0.39 is 0 Å². The Hall–Kier alpha value is -0.680. The van der Waals surface area contributed by atoms with Crippen LogP contribution in [0.4, 0.5) is 0 Å². The Kier molecular flexibility index (Phi) is 4.54. The first-order valence-corrected chi connectivity index (χ1v) is 6.88. The van der Waals surface area contributed by atoms with Crippen LogP contribution in [0.2, 0.25) is 0 Å². The zero-order valence-electron chi connectivity index (χ0n) is 9.74. The molecule has 0 radical (unpaired) electrons. The Morgan fingerprint density at radius 1 is 1.38 bits per heavy atom. The second-order valence-corrected chi connectivity index (χ2v) is 5.20. The summed E-state index contributed by atoms with van der Waals surface area (Å²) in [6.45, 7) is 3.78. The van der Waals surface area contributed by atoms with Crippen molar-refractivity contribution < 1.29 is 4.74 Å². The van der Waals surface area contributed by atoms with Gasteiger partial charge in [0.05, 0.1) is 13.2 Å². The van der Waals surface area contributed by atoms with E-state index in [-0.39, 0.29) is 0 Å². The fourth-order valence-electron chi connectivity index (χ4n) is 1.40. The Bertz CT molecular complexity index is 312. The zero-order valence-corrected chi connectivity index (χ0v) is 10.6. The molecule has 1 saturated carbocycles. The van der Waals surface area contributed by atoms with Crippen LogP contribution >= 0.6 is 11.3 Å². The molecule has 1 heterocycles. The molecule has 0 atom stereocenters. The smallest absolute Gasteiger partial charge is 0.294 e.